The largest absolute Gasteiger partial charge is 0.454 e. The van der Waals surface area contributed by atoms with Crippen LogP contribution < -0.4 is 14.8 Å². The van der Waals surface area contributed by atoms with Gasteiger partial charge in [0.05, 0.1) is 4.90 Å². The lowest BCUT2D eigenvalue weighted by atomic mass is 9.89. The second-order valence-electron chi connectivity index (χ2n) is 8.34. The Hall–Kier alpha value is -2.31. The van der Waals surface area contributed by atoms with Crippen molar-refractivity contribution < 1.29 is 17.9 Å². The third kappa shape index (κ3) is 6.34. The van der Waals surface area contributed by atoms with Crippen LogP contribution in [0.25, 0.3) is 0 Å². The number of sulfonamides is 1. The first-order valence-electron chi connectivity index (χ1n) is 9.62. The minimum absolute atomic E-state index is 0.100. The quantitative estimate of drug-likeness (QED) is 0.373. The molecule has 0 bridgehead atoms. The van der Waals surface area contributed by atoms with Crippen LogP contribution >= 0.6 is 0 Å². The van der Waals surface area contributed by atoms with Gasteiger partial charge in [-0.05, 0) is 36.8 Å². The maximum Gasteiger partial charge on any atom is 0.243 e. The molecule has 0 amide bonds. The summed E-state index contributed by atoms with van der Waals surface area (Å²) >= 11 is 0. The summed E-state index contributed by atoms with van der Waals surface area (Å²) < 4.78 is 38.9. The Balaban J connectivity index is 2.17. The van der Waals surface area contributed by atoms with E-state index in [2.05, 4.69) is 10.3 Å². The van der Waals surface area contributed by atoms with Gasteiger partial charge in [0.25, 0.3) is 0 Å². The number of nitriles is 1. The highest BCUT2D eigenvalue weighted by molar-refractivity contribution is 7.89. The zero-order chi connectivity index (χ0) is 21.7. The van der Waals surface area contributed by atoms with Crippen LogP contribution in [0, 0.1) is 22.8 Å². The van der Waals surface area contributed by atoms with Crippen LogP contribution in [-0.4, -0.2) is 45.0 Å². The van der Waals surface area contributed by atoms with E-state index in [1.165, 1.54) is 6.07 Å². The predicted octanol–water partition coefficient (Wildman–Crippen LogP) is 2.97. The van der Waals surface area contributed by atoms with E-state index in [0.717, 1.165) is 6.42 Å². The van der Waals surface area contributed by atoms with Crippen LogP contribution in [0.3, 0.4) is 0 Å². The van der Waals surface area contributed by atoms with Crippen LogP contribution in [0.4, 0.5) is 0 Å². The lowest BCUT2D eigenvalue weighted by Crippen LogP contribution is -2.42. The van der Waals surface area contributed by atoms with Crippen LogP contribution in [0.5, 0.6) is 11.5 Å². The Morgan fingerprint density at radius 1 is 1.34 bits per heavy atom. The molecule has 0 atom stereocenters. The summed E-state index contributed by atoms with van der Waals surface area (Å²) in [7, 11) is -3.69. The maximum absolute atomic E-state index is 13.4. The Labute approximate surface area is 173 Å². The molecular formula is C20H30N4O4S. The van der Waals surface area contributed by atoms with Gasteiger partial charge in [0, 0.05) is 25.7 Å². The first-order valence-corrected chi connectivity index (χ1v) is 11.1. The fourth-order valence-electron chi connectivity index (χ4n) is 3.09. The molecule has 1 aromatic carbocycles. The number of fused-ring (bicyclic) bond motifs is 1. The molecule has 0 fully saturated rings. The van der Waals surface area contributed by atoms with Crippen LogP contribution in [-0.2, 0) is 10.0 Å². The van der Waals surface area contributed by atoms with Gasteiger partial charge in [-0.2, -0.15) is 14.6 Å². The summed E-state index contributed by atoms with van der Waals surface area (Å²) in [5, 5.41) is 11.7. The summed E-state index contributed by atoms with van der Waals surface area (Å²) in [6.07, 6.45) is 2.46. The third-order valence-corrected chi connectivity index (χ3v) is 6.36. The Kier molecular flexibility index (Phi) is 7.49. The first kappa shape index (κ1) is 23.0. The van der Waals surface area contributed by atoms with E-state index in [4.69, 9.17) is 14.7 Å². The van der Waals surface area contributed by atoms with E-state index in [0.29, 0.717) is 37.0 Å². The van der Waals surface area contributed by atoms with Crippen molar-refractivity contribution in [1.29, 1.82) is 5.26 Å². The molecule has 1 aliphatic rings. The van der Waals surface area contributed by atoms with E-state index in [9.17, 15) is 8.42 Å². The van der Waals surface area contributed by atoms with Gasteiger partial charge in [-0.1, -0.05) is 27.7 Å². The molecule has 160 valence electrons. The molecular weight excluding hydrogens is 392 g/mol. The fourth-order valence-corrected chi connectivity index (χ4v) is 4.90. The van der Waals surface area contributed by atoms with Crippen molar-refractivity contribution in [1.82, 2.24) is 9.62 Å². The zero-order valence-electron chi connectivity index (χ0n) is 17.7. The van der Waals surface area contributed by atoms with Crippen molar-refractivity contribution >= 4 is 15.9 Å². The number of benzene rings is 1. The van der Waals surface area contributed by atoms with E-state index in [1.54, 1.807) is 29.6 Å². The maximum atomic E-state index is 13.4. The molecule has 0 radical (unpaired) electrons. The highest BCUT2D eigenvalue weighted by atomic mass is 32.2. The van der Waals surface area contributed by atoms with E-state index in [1.807, 2.05) is 27.7 Å². The van der Waals surface area contributed by atoms with Crippen molar-refractivity contribution in [2.75, 3.05) is 26.4 Å². The van der Waals surface area contributed by atoms with E-state index < -0.39 is 10.0 Å². The van der Waals surface area contributed by atoms with Crippen LogP contribution in [0.15, 0.2) is 28.1 Å². The van der Waals surface area contributed by atoms with Gasteiger partial charge in [0.2, 0.25) is 23.0 Å². The van der Waals surface area contributed by atoms with Gasteiger partial charge < -0.3 is 14.8 Å². The number of aliphatic imine (C=N–C) groups is 1. The molecule has 1 N–H and O–H groups in total. The number of ether oxygens (including phenoxy) is 2. The van der Waals surface area contributed by atoms with Gasteiger partial charge in [0.1, 0.15) is 5.84 Å². The minimum atomic E-state index is -3.69. The average Bonchev–Trinajstić information content (AvgIpc) is 3.08. The first-order chi connectivity index (χ1) is 13.5. The van der Waals surface area contributed by atoms with Gasteiger partial charge >= 0.3 is 0 Å². The van der Waals surface area contributed by atoms with Crippen molar-refractivity contribution in [3.05, 3.63) is 18.2 Å². The van der Waals surface area contributed by atoms with Crippen molar-refractivity contribution in [3.63, 3.8) is 0 Å². The smallest absolute Gasteiger partial charge is 0.243 e. The number of amidine groups is 1. The summed E-state index contributed by atoms with van der Waals surface area (Å²) in [5.74, 6) is 1.74. The topological polar surface area (TPSA) is 104 Å². The normalized spacial score (nSPS) is 14.3. The molecule has 9 heteroatoms. The SMILES string of the molecule is C/C(=N\C#N)NCCC(C)(C)CN(CC(C)C)S(=O)(=O)c1ccc2c(c1)OCO2. The number of rotatable bonds is 9. The number of hydrogen-bond acceptors (Lipinski definition) is 6. The number of nitrogens with one attached hydrogen (secondary N) is 1. The third-order valence-electron chi connectivity index (χ3n) is 4.56. The molecule has 1 aromatic rings. The van der Waals surface area contributed by atoms with Crippen molar-refractivity contribution in [2.24, 2.45) is 16.3 Å². The van der Waals surface area contributed by atoms with E-state index in [-0.39, 0.29) is 23.0 Å². The molecule has 0 unspecified atom stereocenters. The Morgan fingerprint density at radius 3 is 2.69 bits per heavy atom. The zero-order valence-corrected chi connectivity index (χ0v) is 18.5. The summed E-state index contributed by atoms with van der Waals surface area (Å²) in [4.78, 5) is 3.84. The fraction of sp³-hybridized carbons (Fsp3) is 0.600. The molecule has 29 heavy (non-hydrogen) atoms. The average molecular weight is 423 g/mol. The molecule has 1 heterocycles. The summed E-state index contributed by atoms with van der Waals surface area (Å²) in [5.41, 5.74) is -0.280. The van der Waals surface area contributed by atoms with Crippen LogP contribution in [0.1, 0.15) is 41.0 Å². The van der Waals surface area contributed by atoms with Crippen molar-refractivity contribution in [3.8, 4) is 17.7 Å². The van der Waals surface area contributed by atoms with Crippen LogP contribution in [0.2, 0.25) is 0 Å². The van der Waals surface area contributed by atoms with Crippen molar-refractivity contribution in [2.45, 2.75) is 45.9 Å². The molecule has 0 aliphatic carbocycles. The van der Waals surface area contributed by atoms with Gasteiger partial charge in [-0.25, -0.2) is 8.42 Å². The monoisotopic (exact) mass is 422 g/mol. The van der Waals surface area contributed by atoms with Gasteiger partial charge in [0.15, 0.2) is 11.5 Å². The molecule has 2 rings (SSSR count). The Morgan fingerprint density at radius 2 is 2.03 bits per heavy atom. The molecule has 0 spiro atoms. The molecule has 0 saturated carbocycles. The highest BCUT2D eigenvalue weighted by Crippen LogP contribution is 2.35. The summed E-state index contributed by atoms with van der Waals surface area (Å²) in [6.45, 7) is 11.3. The highest BCUT2D eigenvalue weighted by Gasteiger charge is 2.32. The number of nitrogens with zero attached hydrogens (tertiary/aromatic N) is 3. The lowest BCUT2D eigenvalue weighted by Gasteiger charge is -2.33. The molecule has 1 aliphatic heterocycles. The lowest BCUT2D eigenvalue weighted by molar-refractivity contribution is 0.174. The van der Waals surface area contributed by atoms with Gasteiger partial charge in [-0.15, -0.1) is 0 Å². The number of hydrogen-bond donors (Lipinski definition) is 1. The standard InChI is InChI=1S/C20H30N4O4S/c1-15(2)11-24(12-20(4,5)8-9-22-16(3)23-13-21)29(25,26)17-6-7-18-19(10-17)28-14-27-18/h6-7,10,15H,8-9,11-12,14H2,1-5H3,(H,22,23). The second-order valence-corrected chi connectivity index (χ2v) is 10.3. The second kappa shape index (κ2) is 9.46. The summed E-state index contributed by atoms with van der Waals surface area (Å²) in [6, 6.07) is 4.73. The van der Waals surface area contributed by atoms with E-state index >= 15 is 0 Å². The molecule has 8 nitrogen and oxygen atoms in total. The molecule has 0 aromatic heterocycles. The van der Waals surface area contributed by atoms with Gasteiger partial charge in [-0.3, -0.25) is 0 Å². The Bertz CT molecular complexity index is 888. The minimum Gasteiger partial charge on any atom is -0.454 e. The predicted molar refractivity (Wildman–Crippen MR) is 111 cm³/mol. The molecule has 0 saturated heterocycles.